The average Bonchev–Trinajstić information content (AvgIpc) is 2.70. The third-order valence-corrected chi connectivity index (χ3v) is 4.08. The molecule has 0 aliphatic heterocycles. The Morgan fingerprint density at radius 3 is 2.43 bits per heavy atom. The lowest BCUT2D eigenvalue weighted by Gasteiger charge is -2.11. The predicted octanol–water partition coefficient (Wildman–Crippen LogP) is 5.50. The van der Waals surface area contributed by atoms with Gasteiger partial charge in [0, 0.05) is 12.0 Å². The smallest absolute Gasteiger partial charge is 0.224 e. The molecule has 2 aromatic carbocycles. The number of hydrogen-bond acceptors (Lipinski definition) is 4. The minimum atomic E-state index is -0.0107. The van der Waals surface area contributed by atoms with Gasteiger partial charge in [-0.1, -0.05) is 37.3 Å². The first kappa shape index (κ1) is 19.4. The van der Waals surface area contributed by atoms with E-state index in [0.717, 1.165) is 23.3 Å². The van der Waals surface area contributed by atoms with Gasteiger partial charge >= 0.3 is 0 Å². The van der Waals surface area contributed by atoms with E-state index in [9.17, 15) is 4.79 Å². The number of pyridine rings is 1. The summed E-state index contributed by atoms with van der Waals surface area (Å²) in [5, 5.41) is 2.84. The van der Waals surface area contributed by atoms with E-state index in [2.05, 4.69) is 10.3 Å². The van der Waals surface area contributed by atoms with Gasteiger partial charge in [0.15, 0.2) is 0 Å². The highest BCUT2D eigenvalue weighted by Gasteiger charge is 2.07. The molecule has 1 N–H and O–H groups in total. The first-order valence-electron chi connectivity index (χ1n) is 9.35. The van der Waals surface area contributed by atoms with E-state index in [-0.39, 0.29) is 5.91 Å². The maximum atomic E-state index is 11.7. The molecule has 1 heterocycles. The van der Waals surface area contributed by atoms with Crippen LogP contribution in [0.25, 0.3) is 0 Å². The average molecular weight is 376 g/mol. The monoisotopic (exact) mass is 376 g/mol. The highest BCUT2D eigenvalue weighted by molar-refractivity contribution is 5.90. The normalized spacial score (nSPS) is 10.4. The number of aryl methyl sites for hydroxylation is 1. The standard InChI is InChI=1S/C23H24N2O3/c1-3-7-22(26)25-19-14-17(2)23(24-15-19)28-21-12-10-20(11-13-21)27-16-18-8-5-4-6-9-18/h4-6,8-15H,3,7,16H2,1-2H3,(H,25,26). The van der Waals surface area contributed by atoms with Crippen LogP contribution in [0.3, 0.4) is 0 Å². The number of nitrogens with one attached hydrogen (secondary N) is 1. The van der Waals surface area contributed by atoms with Gasteiger partial charge in [-0.3, -0.25) is 4.79 Å². The summed E-state index contributed by atoms with van der Waals surface area (Å²) in [7, 11) is 0. The van der Waals surface area contributed by atoms with Gasteiger partial charge in [-0.2, -0.15) is 0 Å². The number of ether oxygens (including phenoxy) is 2. The van der Waals surface area contributed by atoms with Crippen LogP contribution in [0.5, 0.6) is 17.4 Å². The van der Waals surface area contributed by atoms with Crippen LogP contribution in [0, 0.1) is 6.92 Å². The Morgan fingerprint density at radius 2 is 1.75 bits per heavy atom. The quantitative estimate of drug-likeness (QED) is 0.564. The highest BCUT2D eigenvalue weighted by atomic mass is 16.5. The number of anilines is 1. The predicted molar refractivity (Wildman–Crippen MR) is 110 cm³/mol. The van der Waals surface area contributed by atoms with Gasteiger partial charge in [-0.15, -0.1) is 0 Å². The summed E-state index contributed by atoms with van der Waals surface area (Å²) in [6.45, 7) is 4.39. The molecule has 5 heteroatoms. The number of carbonyl (C=O) groups excluding carboxylic acids is 1. The van der Waals surface area contributed by atoms with E-state index in [1.807, 2.05) is 74.5 Å². The molecule has 28 heavy (non-hydrogen) atoms. The number of amides is 1. The van der Waals surface area contributed by atoms with E-state index in [4.69, 9.17) is 9.47 Å². The Hall–Kier alpha value is -3.34. The zero-order valence-corrected chi connectivity index (χ0v) is 16.1. The maximum Gasteiger partial charge on any atom is 0.224 e. The molecular formula is C23H24N2O3. The van der Waals surface area contributed by atoms with E-state index < -0.39 is 0 Å². The molecule has 3 aromatic rings. The minimum absolute atomic E-state index is 0.0107. The summed E-state index contributed by atoms with van der Waals surface area (Å²) >= 11 is 0. The van der Waals surface area contributed by atoms with Gasteiger partial charge in [-0.25, -0.2) is 4.98 Å². The first-order valence-corrected chi connectivity index (χ1v) is 9.35. The molecule has 1 amide bonds. The second-order valence-corrected chi connectivity index (χ2v) is 6.49. The molecule has 0 saturated heterocycles. The second kappa shape index (κ2) is 9.55. The lowest BCUT2D eigenvalue weighted by molar-refractivity contribution is -0.116. The molecule has 144 valence electrons. The molecule has 0 bridgehead atoms. The van der Waals surface area contributed by atoms with Crippen molar-refractivity contribution in [2.45, 2.75) is 33.3 Å². The molecule has 1 aromatic heterocycles. The third kappa shape index (κ3) is 5.58. The molecule has 0 radical (unpaired) electrons. The number of rotatable bonds is 8. The zero-order chi connectivity index (χ0) is 19.8. The Morgan fingerprint density at radius 1 is 1.04 bits per heavy atom. The summed E-state index contributed by atoms with van der Waals surface area (Å²) in [4.78, 5) is 16.0. The van der Waals surface area contributed by atoms with Crippen LogP contribution < -0.4 is 14.8 Å². The molecule has 0 fully saturated rings. The van der Waals surface area contributed by atoms with Crippen molar-refractivity contribution in [2.24, 2.45) is 0 Å². The SMILES string of the molecule is CCCC(=O)Nc1cnc(Oc2ccc(OCc3ccccc3)cc2)c(C)c1. The van der Waals surface area contributed by atoms with Gasteiger partial charge in [0.25, 0.3) is 0 Å². The zero-order valence-electron chi connectivity index (χ0n) is 16.1. The lowest BCUT2D eigenvalue weighted by atomic mass is 10.2. The maximum absolute atomic E-state index is 11.7. The summed E-state index contributed by atoms with van der Waals surface area (Å²) in [5.74, 6) is 1.94. The van der Waals surface area contributed by atoms with Crippen LogP contribution >= 0.6 is 0 Å². The number of benzene rings is 2. The second-order valence-electron chi connectivity index (χ2n) is 6.49. The summed E-state index contributed by atoms with van der Waals surface area (Å²) in [6, 6.07) is 19.3. The van der Waals surface area contributed by atoms with Gasteiger partial charge < -0.3 is 14.8 Å². The van der Waals surface area contributed by atoms with Crippen LogP contribution in [0.2, 0.25) is 0 Å². The Bertz CT molecular complexity index is 909. The Kier molecular flexibility index (Phi) is 6.63. The largest absolute Gasteiger partial charge is 0.489 e. The fourth-order valence-corrected chi connectivity index (χ4v) is 2.64. The van der Waals surface area contributed by atoms with E-state index in [1.54, 1.807) is 6.20 Å². The lowest BCUT2D eigenvalue weighted by Crippen LogP contribution is -2.11. The third-order valence-electron chi connectivity index (χ3n) is 4.08. The summed E-state index contributed by atoms with van der Waals surface area (Å²) in [6.07, 6.45) is 2.91. The van der Waals surface area contributed by atoms with Crippen molar-refractivity contribution >= 4 is 11.6 Å². The highest BCUT2D eigenvalue weighted by Crippen LogP contribution is 2.26. The van der Waals surface area contributed by atoms with E-state index in [0.29, 0.717) is 30.3 Å². The van der Waals surface area contributed by atoms with Gasteiger partial charge in [0.2, 0.25) is 11.8 Å². The minimum Gasteiger partial charge on any atom is -0.489 e. The van der Waals surface area contributed by atoms with Crippen molar-refractivity contribution in [1.82, 2.24) is 4.98 Å². The Labute approximate surface area is 165 Å². The van der Waals surface area contributed by atoms with Crippen molar-refractivity contribution in [3.63, 3.8) is 0 Å². The molecule has 0 atom stereocenters. The van der Waals surface area contributed by atoms with Crippen molar-refractivity contribution in [2.75, 3.05) is 5.32 Å². The molecule has 0 spiro atoms. The summed E-state index contributed by atoms with van der Waals surface area (Å²) in [5.41, 5.74) is 2.64. The molecule has 0 unspecified atom stereocenters. The van der Waals surface area contributed by atoms with Crippen molar-refractivity contribution in [1.29, 1.82) is 0 Å². The fourth-order valence-electron chi connectivity index (χ4n) is 2.64. The number of carbonyl (C=O) groups is 1. The van der Waals surface area contributed by atoms with Crippen LogP contribution in [-0.4, -0.2) is 10.9 Å². The molecule has 5 nitrogen and oxygen atoms in total. The topological polar surface area (TPSA) is 60.5 Å². The van der Waals surface area contributed by atoms with Crippen LogP contribution in [0.4, 0.5) is 5.69 Å². The van der Waals surface area contributed by atoms with Gasteiger partial charge in [0.05, 0.1) is 11.9 Å². The van der Waals surface area contributed by atoms with Crippen molar-refractivity contribution < 1.29 is 14.3 Å². The Balaban J connectivity index is 1.58. The van der Waals surface area contributed by atoms with Crippen molar-refractivity contribution in [3.8, 4) is 17.4 Å². The van der Waals surface area contributed by atoms with Gasteiger partial charge in [0.1, 0.15) is 18.1 Å². The first-order chi connectivity index (χ1) is 13.6. The molecule has 0 aliphatic rings. The van der Waals surface area contributed by atoms with Crippen LogP contribution in [0.1, 0.15) is 30.9 Å². The van der Waals surface area contributed by atoms with Crippen molar-refractivity contribution in [3.05, 3.63) is 78.0 Å². The van der Waals surface area contributed by atoms with E-state index >= 15 is 0 Å². The number of nitrogens with zero attached hydrogens (tertiary/aromatic N) is 1. The number of aromatic nitrogens is 1. The molecule has 0 saturated carbocycles. The molecule has 3 rings (SSSR count). The number of hydrogen-bond donors (Lipinski definition) is 1. The van der Waals surface area contributed by atoms with Gasteiger partial charge in [-0.05, 0) is 49.2 Å². The van der Waals surface area contributed by atoms with Crippen LogP contribution in [0.15, 0.2) is 66.9 Å². The fraction of sp³-hybridized carbons (Fsp3) is 0.217. The molecular weight excluding hydrogens is 352 g/mol. The summed E-state index contributed by atoms with van der Waals surface area (Å²) < 4.78 is 11.6. The van der Waals surface area contributed by atoms with E-state index in [1.165, 1.54) is 0 Å². The van der Waals surface area contributed by atoms with Crippen LogP contribution in [-0.2, 0) is 11.4 Å². The molecule has 0 aliphatic carbocycles.